The van der Waals surface area contributed by atoms with Gasteiger partial charge in [-0.25, -0.2) is 9.29 Å². The van der Waals surface area contributed by atoms with Crippen molar-refractivity contribution in [1.82, 2.24) is 23.2 Å². The Hall–Kier alpha value is -3.56. The average molecular weight is 915 g/mol. The van der Waals surface area contributed by atoms with Crippen LogP contribution in [-0.4, -0.2) is 195 Å². The highest BCUT2D eigenvalue weighted by Crippen LogP contribution is 2.35. The van der Waals surface area contributed by atoms with E-state index in [-0.39, 0.29) is 51.4 Å². The molecule has 0 amide bonds. The van der Waals surface area contributed by atoms with Gasteiger partial charge in [-0.1, -0.05) is 12.8 Å². The Bertz CT molecular complexity index is 1870. The number of rotatable bonds is 22. The van der Waals surface area contributed by atoms with Gasteiger partial charge in [0.2, 0.25) is 0 Å². The number of nitrogens with two attached hydrogens (primary N) is 4. The third-order valence-corrected chi connectivity index (χ3v) is 14.7. The summed E-state index contributed by atoms with van der Waals surface area (Å²) in [6, 6.07) is -3.94. The van der Waals surface area contributed by atoms with E-state index in [2.05, 4.69) is 10.3 Å². The second-order valence-corrected chi connectivity index (χ2v) is 19.0. The Balaban J connectivity index is 0.000000325. The molecule has 3 fully saturated rings. The molecular formula is C30H56B2N10O17S2. The van der Waals surface area contributed by atoms with Gasteiger partial charge in [0, 0.05) is 50.6 Å². The summed E-state index contributed by atoms with van der Waals surface area (Å²) in [5.41, 5.74) is 19.5. The lowest BCUT2D eigenvalue weighted by Gasteiger charge is -2.37. The molecule has 61 heavy (non-hydrogen) atoms. The maximum absolute atomic E-state index is 13.5. The summed E-state index contributed by atoms with van der Waals surface area (Å²) < 4.78 is 61.8. The fraction of sp³-hybridized carbons (Fsp3) is 0.767. The molecule has 3 saturated heterocycles. The summed E-state index contributed by atoms with van der Waals surface area (Å²) in [4.78, 5) is 49.8. The molecule has 4 rings (SSSR count). The van der Waals surface area contributed by atoms with E-state index in [0.717, 1.165) is 25.4 Å². The second kappa shape index (κ2) is 21.7. The van der Waals surface area contributed by atoms with Crippen LogP contribution in [0.25, 0.3) is 0 Å². The van der Waals surface area contributed by atoms with Gasteiger partial charge in [0.05, 0.1) is 12.7 Å². The van der Waals surface area contributed by atoms with E-state index in [1.54, 1.807) is 0 Å². The second-order valence-electron chi connectivity index (χ2n) is 15.3. The van der Waals surface area contributed by atoms with Gasteiger partial charge >= 0.3 is 54.3 Å². The predicted octanol–water partition coefficient (Wildman–Crippen LogP) is -6.23. The molecule has 17 N–H and O–H groups in total. The van der Waals surface area contributed by atoms with Crippen molar-refractivity contribution >= 4 is 64.5 Å². The van der Waals surface area contributed by atoms with Crippen LogP contribution in [0, 0.1) is 11.8 Å². The number of aromatic nitrogens is 1. The molecule has 1 aromatic rings. The van der Waals surface area contributed by atoms with Crippen LogP contribution in [0.5, 0.6) is 0 Å². The Morgan fingerprint density at radius 2 is 1.25 bits per heavy atom. The summed E-state index contributed by atoms with van der Waals surface area (Å²) in [5.74, 6) is -7.14. The first-order chi connectivity index (χ1) is 28.3. The van der Waals surface area contributed by atoms with E-state index in [1.165, 1.54) is 0 Å². The van der Waals surface area contributed by atoms with E-state index in [9.17, 15) is 51.3 Å². The van der Waals surface area contributed by atoms with Crippen LogP contribution in [0.15, 0.2) is 16.9 Å². The Kier molecular flexibility index (Phi) is 18.4. The van der Waals surface area contributed by atoms with E-state index in [0.29, 0.717) is 30.2 Å². The number of aliphatic carboxylic acids is 4. The molecule has 0 aromatic carbocycles. The molecule has 3 aliphatic heterocycles. The summed E-state index contributed by atoms with van der Waals surface area (Å²) in [6.07, 6.45) is 3.91. The smallest absolute Gasteiger partial charge is 0.451 e. The molecule has 1 aromatic heterocycles. The fourth-order valence-corrected chi connectivity index (χ4v) is 11.0. The third-order valence-electron chi connectivity index (χ3n) is 11.0. The summed E-state index contributed by atoms with van der Waals surface area (Å²) >= 11 is 0. The van der Waals surface area contributed by atoms with E-state index in [1.807, 2.05) is 0 Å². The molecular weight excluding hydrogens is 858 g/mol. The number of oxazole rings is 1. The lowest BCUT2D eigenvalue weighted by molar-refractivity contribution is -0.145. The van der Waals surface area contributed by atoms with Crippen LogP contribution < -0.4 is 32.6 Å². The molecule has 0 radical (unpaired) electrons. The highest BCUT2D eigenvalue weighted by atomic mass is 32.2. The normalized spacial score (nSPS) is 25.1. The highest BCUT2D eigenvalue weighted by molar-refractivity contribution is 7.90. The number of nitrogens with zero attached hydrogens (tertiary/aromatic N) is 5. The van der Waals surface area contributed by atoms with Crippen molar-refractivity contribution in [3.05, 3.63) is 12.5 Å². The van der Waals surface area contributed by atoms with Crippen molar-refractivity contribution < 1.29 is 81.0 Å². The van der Waals surface area contributed by atoms with Crippen molar-refractivity contribution in [2.24, 2.45) is 34.8 Å². The minimum absolute atomic E-state index is 0.00755. The minimum Gasteiger partial charge on any atom is -0.480 e. The van der Waals surface area contributed by atoms with Crippen molar-refractivity contribution in [1.29, 1.82) is 0 Å². The summed E-state index contributed by atoms with van der Waals surface area (Å²) in [6.45, 7) is -1.55. The van der Waals surface area contributed by atoms with Gasteiger partial charge < -0.3 is 73.2 Å². The van der Waals surface area contributed by atoms with Crippen LogP contribution in [0.2, 0.25) is 12.6 Å². The monoisotopic (exact) mass is 914 g/mol. The third kappa shape index (κ3) is 13.0. The molecule has 6 atom stereocenters. The van der Waals surface area contributed by atoms with Crippen molar-refractivity contribution in [3.63, 3.8) is 0 Å². The summed E-state index contributed by atoms with van der Waals surface area (Å²) in [7, 11) is -11.9. The van der Waals surface area contributed by atoms with Crippen LogP contribution in [-0.2, 0) is 39.6 Å². The van der Waals surface area contributed by atoms with E-state index < -0.39 is 132 Å². The van der Waals surface area contributed by atoms with Gasteiger partial charge in [-0.3, -0.25) is 19.2 Å². The number of carboxylic acids is 4. The van der Waals surface area contributed by atoms with Gasteiger partial charge in [0.15, 0.2) is 0 Å². The number of carbonyl (C=O) groups is 4. The van der Waals surface area contributed by atoms with Gasteiger partial charge in [-0.15, -0.1) is 0 Å². The van der Waals surface area contributed by atoms with Crippen molar-refractivity contribution in [2.75, 3.05) is 56.7 Å². The number of carboxylic acid groups (broad SMARTS) is 4. The zero-order chi connectivity index (χ0) is 46.1. The van der Waals surface area contributed by atoms with Crippen LogP contribution in [0.1, 0.15) is 38.5 Å². The number of nitrogens with one attached hydrogen (secondary N) is 1. The largest absolute Gasteiger partial charge is 0.480 e. The van der Waals surface area contributed by atoms with Crippen LogP contribution >= 0.6 is 0 Å². The molecule has 0 aliphatic carbocycles. The quantitative estimate of drug-likeness (QED) is 0.0481. The predicted molar refractivity (Wildman–Crippen MR) is 213 cm³/mol. The Morgan fingerprint density at radius 1 is 0.803 bits per heavy atom. The first-order valence-corrected chi connectivity index (χ1v) is 22.0. The molecule has 346 valence electrons. The molecule has 3 aliphatic rings. The molecule has 0 saturated carbocycles. The number of piperidine rings is 1. The topological polar surface area (TPSA) is 454 Å². The van der Waals surface area contributed by atoms with E-state index in [4.69, 9.17) is 52.6 Å². The van der Waals surface area contributed by atoms with E-state index >= 15 is 0 Å². The highest BCUT2D eigenvalue weighted by Gasteiger charge is 2.55. The molecule has 27 nitrogen and oxygen atoms in total. The number of anilines is 1. The number of hydrogen-bond donors (Lipinski definition) is 13. The molecule has 2 unspecified atom stereocenters. The Labute approximate surface area is 352 Å². The molecule has 31 heteroatoms. The maximum atomic E-state index is 13.5. The lowest BCUT2D eigenvalue weighted by atomic mass is 9.78. The Morgan fingerprint density at radius 3 is 1.64 bits per heavy atom. The number of hydrogen-bond acceptors (Lipinski definition) is 19. The molecule has 0 spiro atoms. The lowest BCUT2D eigenvalue weighted by Crippen LogP contribution is -2.58. The standard InChI is InChI=1S/C16H32BN5O8S.C14H24BN5O9S/c18-13(14(23)24)9-22(12-3-6-20-7-4-12)31(29,30)21-8-11(2-1-5-17(27)28)16(19,10-21)15(25)26;16-10(11(21)22)7-20(13-18-4-5-29-13)30(27,28)19-6-9(2-1-3-15(25)26)14(17,8-19)12(23)24/h11-13,20,27-28H,1-10,18-19H2,(H,23,24)(H,25,26);4-5,9-10,25-26H,1-3,6-8,16-17H2,(H,21,22)(H,23,24)/t11-,13?,16-;9-,10?,14-/m00/s1. The molecule has 0 bridgehead atoms. The van der Waals surface area contributed by atoms with Crippen molar-refractivity contribution in [2.45, 2.75) is 80.4 Å². The average Bonchev–Trinajstić information content (AvgIpc) is 3.92. The first-order valence-electron chi connectivity index (χ1n) is 19.2. The van der Waals surface area contributed by atoms with Gasteiger partial charge in [-0.2, -0.15) is 29.8 Å². The maximum Gasteiger partial charge on any atom is 0.451 e. The van der Waals surface area contributed by atoms with Gasteiger partial charge in [0.1, 0.15) is 29.4 Å². The zero-order valence-electron chi connectivity index (χ0n) is 33.1. The van der Waals surface area contributed by atoms with Crippen LogP contribution in [0.3, 0.4) is 0 Å². The van der Waals surface area contributed by atoms with Gasteiger partial charge in [0.25, 0.3) is 10.2 Å². The van der Waals surface area contributed by atoms with Crippen molar-refractivity contribution in [3.8, 4) is 0 Å². The van der Waals surface area contributed by atoms with Crippen LogP contribution in [0.4, 0.5) is 6.01 Å². The molecule has 4 heterocycles. The fourth-order valence-electron chi connectivity index (χ4n) is 7.37. The first kappa shape index (κ1) is 51.8. The van der Waals surface area contributed by atoms with Gasteiger partial charge in [-0.05, 0) is 51.4 Å². The SMILES string of the molecule is NC(CN(C1CCNCC1)S(=O)(=O)N1C[C@H](CCCB(O)O)[C@](N)(C(=O)O)C1)C(=O)O.NC(CN(c1ncco1)S(=O)(=O)N1C[C@H](CCCB(O)O)[C@](N)(C(=O)O)C1)C(=O)O. The summed E-state index contributed by atoms with van der Waals surface area (Å²) in [5, 5.41) is 76.6. The zero-order valence-corrected chi connectivity index (χ0v) is 34.8. The minimum atomic E-state index is -4.51.